The second kappa shape index (κ2) is 7.08. The molecule has 1 fully saturated rings. The van der Waals surface area contributed by atoms with Crippen LogP contribution in [0.15, 0.2) is 24.3 Å². The molecule has 1 heterocycles. The molecule has 1 aliphatic rings. The van der Waals surface area contributed by atoms with E-state index in [1.165, 1.54) is 0 Å². The predicted octanol–water partition coefficient (Wildman–Crippen LogP) is 0.665. The summed E-state index contributed by atoms with van der Waals surface area (Å²) in [6.07, 6.45) is 1.58. The second-order valence-electron chi connectivity index (χ2n) is 5.30. The first-order valence-electron chi connectivity index (χ1n) is 7.18. The molecule has 114 valence electrons. The van der Waals surface area contributed by atoms with E-state index >= 15 is 0 Å². The first-order valence-corrected chi connectivity index (χ1v) is 7.18. The molecule has 0 saturated carbocycles. The summed E-state index contributed by atoms with van der Waals surface area (Å²) in [6, 6.07) is 7.20. The molecule has 0 aromatic heterocycles. The van der Waals surface area contributed by atoms with Crippen LogP contribution in [-0.4, -0.2) is 43.4 Å². The van der Waals surface area contributed by atoms with E-state index in [-0.39, 0.29) is 17.7 Å². The van der Waals surface area contributed by atoms with Gasteiger partial charge in [-0.2, -0.15) is 0 Å². The third-order valence-corrected chi connectivity index (χ3v) is 3.81. The molecule has 0 bridgehead atoms. The number of rotatable bonds is 4. The summed E-state index contributed by atoms with van der Waals surface area (Å²) in [4.78, 5) is 25.6. The summed E-state index contributed by atoms with van der Waals surface area (Å²) in [5, 5.41) is 5.50. The lowest BCUT2D eigenvalue weighted by molar-refractivity contribution is -0.126. The molecule has 0 radical (unpaired) electrons. The Morgan fingerprint density at radius 1 is 1.29 bits per heavy atom. The second-order valence-corrected chi connectivity index (χ2v) is 5.30. The van der Waals surface area contributed by atoms with Crippen LogP contribution in [0.1, 0.15) is 12.8 Å². The van der Waals surface area contributed by atoms with Gasteiger partial charge in [0.2, 0.25) is 11.8 Å². The summed E-state index contributed by atoms with van der Waals surface area (Å²) < 4.78 is 0. The number of nitrogens with two attached hydrogens (primary N) is 1. The minimum atomic E-state index is -0.0775. The number of para-hydroxylation sites is 2. The number of anilines is 2. The number of hydrogen-bond acceptors (Lipinski definition) is 4. The summed E-state index contributed by atoms with van der Waals surface area (Å²) >= 11 is 0. The van der Waals surface area contributed by atoms with Gasteiger partial charge in [0.1, 0.15) is 0 Å². The maximum Gasteiger partial charge on any atom is 0.238 e. The highest BCUT2D eigenvalue weighted by Crippen LogP contribution is 2.19. The van der Waals surface area contributed by atoms with Crippen molar-refractivity contribution in [2.45, 2.75) is 12.8 Å². The van der Waals surface area contributed by atoms with Gasteiger partial charge in [0.15, 0.2) is 0 Å². The van der Waals surface area contributed by atoms with E-state index in [4.69, 9.17) is 5.73 Å². The average molecular weight is 290 g/mol. The van der Waals surface area contributed by atoms with Crippen molar-refractivity contribution in [3.8, 4) is 0 Å². The third kappa shape index (κ3) is 4.19. The molecule has 2 amide bonds. The summed E-state index contributed by atoms with van der Waals surface area (Å²) in [5.74, 6) is 0.0848. The van der Waals surface area contributed by atoms with Crippen molar-refractivity contribution < 1.29 is 9.59 Å². The number of carbonyl (C=O) groups excluding carboxylic acids is 2. The van der Waals surface area contributed by atoms with Crippen LogP contribution in [-0.2, 0) is 9.59 Å². The lowest BCUT2D eigenvalue weighted by Crippen LogP contribution is -2.42. The highest BCUT2D eigenvalue weighted by Gasteiger charge is 2.25. The first kappa shape index (κ1) is 15.3. The fourth-order valence-corrected chi connectivity index (χ4v) is 2.56. The van der Waals surface area contributed by atoms with Crippen LogP contribution in [0, 0.1) is 5.92 Å². The van der Waals surface area contributed by atoms with Crippen LogP contribution in [0.4, 0.5) is 11.4 Å². The van der Waals surface area contributed by atoms with E-state index < -0.39 is 0 Å². The Morgan fingerprint density at radius 3 is 2.57 bits per heavy atom. The molecule has 6 nitrogen and oxygen atoms in total. The fraction of sp³-hybridized carbons (Fsp3) is 0.467. The van der Waals surface area contributed by atoms with Gasteiger partial charge < -0.3 is 16.4 Å². The smallest absolute Gasteiger partial charge is 0.238 e. The monoisotopic (exact) mass is 290 g/mol. The van der Waals surface area contributed by atoms with E-state index in [0.29, 0.717) is 17.9 Å². The Morgan fingerprint density at radius 2 is 1.95 bits per heavy atom. The highest BCUT2D eigenvalue weighted by atomic mass is 16.2. The van der Waals surface area contributed by atoms with Crippen molar-refractivity contribution >= 4 is 23.2 Å². The maximum atomic E-state index is 12.0. The zero-order chi connectivity index (χ0) is 15.2. The quantitative estimate of drug-likeness (QED) is 0.711. The van der Waals surface area contributed by atoms with Crippen molar-refractivity contribution in [3.63, 3.8) is 0 Å². The molecule has 1 aliphatic heterocycles. The Hall–Kier alpha value is -2.08. The minimum absolute atomic E-state index is 0.0686. The van der Waals surface area contributed by atoms with Gasteiger partial charge in [0.25, 0.3) is 0 Å². The summed E-state index contributed by atoms with van der Waals surface area (Å²) in [6.45, 7) is 1.85. The van der Waals surface area contributed by atoms with Crippen molar-refractivity contribution in [2.24, 2.45) is 5.92 Å². The van der Waals surface area contributed by atoms with Gasteiger partial charge in [0.05, 0.1) is 17.9 Å². The van der Waals surface area contributed by atoms with Crippen LogP contribution in [0.25, 0.3) is 0 Å². The number of benzene rings is 1. The molecule has 0 atom stereocenters. The van der Waals surface area contributed by atoms with E-state index in [0.717, 1.165) is 25.9 Å². The topological polar surface area (TPSA) is 87.5 Å². The van der Waals surface area contributed by atoms with Crippen LogP contribution in [0.5, 0.6) is 0 Å². The predicted molar refractivity (Wildman–Crippen MR) is 82.7 cm³/mol. The number of hydrogen-bond donors (Lipinski definition) is 3. The van der Waals surface area contributed by atoms with E-state index in [1.807, 2.05) is 12.1 Å². The van der Waals surface area contributed by atoms with Crippen molar-refractivity contribution in [3.05, 3.63) is 24.3 Å². The van der Waals surface area contributed by atoms with Gasteiger partial charge in [-0.3, -0.25) is 14.5 Å². The number of carbonyl (C=O) groups is 2. The van der Waals surface area contributed by atoms with Gasteiger partial charge in [-0.05, 0) is 38.1 Å². The standard InChI is InChI=1S/C15H22N4O2/c1-17-15(21)11-6-8-19(9-7-11)10-14(20)18-13-5-3-2-4-12(13)16/h2-5,11H,6-10,16H2,1H3,(H,17,21)(H,18,20). The molecular formula is C15H22N4O2. The molecule has 4 N–H and O–H groups in total. The van der Waals surface area contributed by atoms with Crippen molar-refractivity contribution in [1.82, 2.24) is 10.2 Å². The van der Waals surface area contributed by atoms with Gasteiger partial charge >= 0.3 is 0 Å². The van der Waals surface area contributed by atoms with Crippen molar-refractivity contribution in [2.75, 3.05) is 37.7 Å². The lowest BCUT2D eigenvalue weighted by atomic mass is 9.96. The Kier molecular flexibility index (Phi) is 5.16. The molecular weight excluding hydrogens is 268 g/mol. The molecule has 1 saturated heterocycles. The number of likely N-dealkylation sites (tertiary alicyclic amines) is 1. The summed E-state index contributed by atoms with van der Waals surface area (Å²) in [5.41, 5.74) is 7.00. The van der Waals surface area contributed by atoms with Gasteiger partial charge in [-0.15, -0.1) is 0 Å². The van der Waals surface area contributed by atoms with Crippen LogP contribution < -0.4 is 16.4 Å². The number of nitrogen functional groups attached to an aromatic ring is 1. The van der Waals surface area contributed by atoms with E-state index in [9.17, 15) is 9.59 Å². The molecule has 1 aromatic carbocycles. The Balaban J connectivity index is 1.80. The zero-order valence-electron chi connectivity index (χ0n) is 12.3. The molecule has 2 rings (SSSR count). The normalized spacial score (nSPS) is 16.4. The highest BCUT2D eigenvalue weighted by molar-refractivity contribution is 5.95. The lowest BCUT2D eigenvalue weighted by Gasteiger charge is -2.30. The van der Waals surface area contributed by atoms with Crippen LogP contribution in [0.2, 0.25) is 0 Å². The molecule has 0 spiro atoms. The average Bonchev–Trinajstić information content (AvgIpc) is 2.49. The zero-order valence-corrected chi connectivity index (χ0v) is 12.3. The van der Waals surface area contributed by atoms with Gasteiger partial charge in [0, 0.05) is 13.0 Å². The SMILES string of the molecule is CNC(=O)C1CCN(CC(=O)Nc2ccccc2N)CC1. The minimum Gasteiger partial charge on any atom is -0.397 e. The number of nitrogens with zero attached hydrogens (tertiary/aromatic N) is 1. The molecule has 1 aromatic rings. The largest absolute Gasteiger partial charge is 0.397 e. The summed E-state index contributed by atoms with van der Waals surface area (Å²) in [7, 11) is 1.66. The molecule has 0 unspecified atom stereocenters. The first-order chi connectivity index (χ1) is 10.1. The third-order valence-electron chi connectivity index (χ3n) is 3.81. The van der Waals surface area contributed by atoms with E-state index in [2.05, 4.69) is 15.5 Å². The number of piperidine rings is 1. The number of amides is 2. The van der Waals surface area contributed by atoms with Crippen LogP contribution in [0.3, 0.4) is 0 Å². The molecule has 6 heteroatoms. The Bertz CT molecular complexity index is 510. The van der Waals surface area contributed by atoms with Crippen LogP contribution >= 0.6 is 0 Å². The van der Waals surface area contributed by atoms with E-state index in [1.54, 1.807) is 19.2 Å². The fourth-order valence-electron chi connectivity index (χ4n) is 2.56. The number of nitrogens with one attached hydrogen (secondary N) is 2. The van der Waals surface area contributed by atoms with Crippen molar-refractivity contribution in [1.29, 1.82) is 0 Å². The molecule has 0 aliphatic carbocycles. The van der Waals surface area contributed by atoms with Gasteiger partial charge in [-0.25, -0.2) is 0 Å². The molecule has 21 heavy (non-hydrogen) atoms. The Labute approximate surface area is 124 Å². The van der Waals surface area contributed by atoms with Gasteiger partial charge in [-0.1, -0.05) is 12.1 Å². The maximum absolute atomic E-state index is 12.0.